The maximum Gasteiger partial charge on any atom is 0.338 e. The number of ether oxygens (including phenoxy) is 1. The van der Waals surface area contributed by atoms with Gasteiger partial charge in [-0.05, 0) is 39.0 Å². The summed E-state index contributed by atoms with van der Waals surface area (Å²) in [5.74, 6) is -0.701. The Labute approximate surface area is 140 Å². The molecule has 4 nitrogen and oxygen atoms in total. The smallest absolute Gasteiger partial charge is 0.338 e. The minimum atomic E-state index is -0.850. The molecule has 1 atom stereocenters. The van der Waals surface area contributed by atoms with Gasteiger partial charge in [0, 0.05) is 22.7 Å². The number of aromatic nitrogens is 1. The number of ketones is 1. The Bertz CT molecular complexity index is 903. The van der Waals surface area contributed by atoms with Gasteiger partial charge in [0.25, 0.3) is 0 Å². The second-order valence-corrected chi connectivity index (χ2v) is 6.04. The van der Waals surface area contributed by atoms with E-state index in [0.717, 1.165) is 22.0 Å². The van der Waals surface area contributed by atoms with Crippen LogP contribution >= 0.6 is 0 Å². The van der Waals surface area contributed by atoms with Gasteiger partial charge in [-0.2, -0.15) is 0 Å². The van der Waals surface area contributed by atoms with Crippen LogP contribution in [0.4, 0.5) is 0 Å². The lowest BCUT2D eigenvalue weighted by Gasteiger charge is -2.12. The quantitative estimate of drug-likeness (QED) is 0.578. The van der Waals surface area contributed by atoms with Crippen molar-refractivity contribution in [2.24, 2.45) is 0 Å². The first-order valence-corrected chi connectivity index (χ1v) is 7.85. The highest BCUT2D eigenvalue weighted by atomic mass is 16.5. The number of carbonyl (C=O) groups excluding carboxylic acids is 2. The number of hydrogen-bond donors (Lipinski definition) is 1. The van der Waals surface area contributed by atoms with Gasteiger partial charge in [-0.3, -0.25) is 4.79 Å². The fourth-order valence-electron chi connectivity index (χ4n) is 2.87. The number of hydrogen-bond acceptors (Lipinski definition) is 3. The van der Waals surface area contributed by atoms with Gasteiger partial charge in [0.1, 0.15) is 0 Å². The van der Waals surface area contributed by atoms with Gasteiger partial charge in [-0.15, -0.1) is 0 Å². The number of para-hydroxylation sites is 1. The molecular weight excluding hydrogens is 302 g/mol. The van der Waals surface area contributed by atoms with Crippen LogP contribution in [0.2, 0.25) is 0 Å². The SMILES string of the molecule is Cc1cc(C)cc(C(=O)O[C@H](C)C(=O)c2c[nH]c3ccccc23)c1. The average molecular weight is 321 g/mol. The van der Waals surface area contributed by atoms with Crippen LogP contribution in [0.3, 0.4) is 0 Å². The molecule has 1 N–H and O–H groups in total. The van der Waals surface area contributed by atoms with Gasteiger partial charge >= 0.3 is 5.97 Å². The Morgan fingerprint density at radius 3 is 2.42 bits per heavy atom. The molecule has 0 aliphatic rings. The molecular formula is C20H19NO3. The number of Topliss-reactive ketones (excluding diaryl/α,β-unsaturated/α-hetero) is 1. The number of esters is 1. The lowest BCUT2D eigenvalue weighted by Crippen LogP contribution is -2.24. The number of nitrogens with one attached hydrogen (secondary N) is 1. The number of aromatic amines is 1. The minimum Gasteiger partial charge on any atom is -0.451 e. The zero-order valence-electron chi connectivity index (χ0n) is 13.9. The fourth-order valence-corrected chi connectivity index (χ4v) is 2.87. The number of benzene rings is 2. The largest absolute Gasteiger partial charge is 0.451 e. The van der Waals surface area contributed by atoms with E-state index in [9.17, 15) is 9.59 Å². The van der Waals surface area contributed by atoms with Crippen molar-refractivity contribution >= 4 is 22.7 Å². The van der Waals surface area contributed by atoms with Gasteiger partial charge in [0.2, 0.25) is 5.78 Å². The summed E-state index contributed by atoms with van der Waals surface area (Å²) >= 11 is 0. The summed E-state index contributed by atoms with van der Waals surface area (Å²) in [6.07, 6.45) is 0.811. The first kappa shape index (κ1) is 16.0. The van der Waals surface area contributed by atoms with Crippen LogP contribution in [-0.2, 0) is 4.74 Å². The van der Waals surface area contributed by atoms with Crippen molar-refractivity contribution in [2.45, 2.75) is 26.9 Å². The van der Waals surface area contributed by atoms with Crippen LogP contribution < -0.4 is 0 Å². The first-order chi connectivity index (χ1) is 11.5. The Balaban J connectivity index is 1.80. The zero-order valence-corrected chi connectivity index (χ0v) is 13.9. The molecule has 0 aliphatic carbocycles. The molecule has 0 amide bonds. The predicted molar refractivity (Wildman–Crippen MR) is 93.4 cm³/mol. The van der Waals surface area contributed by atoms with Crippen molar-refractivity contribution in [3.05, 3.63) is 70.9 Å². The van der Waals surface area contributed by atoms with Gasteiger partial charge < -0.3 is 9.72 Å². The highest BCUT2D eigenvalue weighted by Gasteiger charge is 2.23. The third-order valence-corrected chi connectivity index (χ3v) is 3.97. The maximum atomic E-state index is 12.6. The normalized spacial score (nSPS) is 12.1. The maximum absolute atomic E-state index is 12.6. The summed E-state index contributed by atoms with van der Waals surface area (Å²) in [4.78, 5) is 28.0. The van der Waals surface area contributed by atoms with Crippen LogP contribution in [0.5, 0.6) is 0 Å². The van der Waals surface area contributed by atoms with Crippen molar-refractivity contribution in [1.82, 2.24) is 4.98 Å². The molecule has 1 aromatic heterocycles. The molecule has 0 fully saturated rings. The van der Waals surface area contributed by atoms with Crippen molar-refractivity contribution in [3.63, 3.8) is 0 Å². The summed E-state index contributed by atoms with van der Waals surface area (Å²) < 4.78 is 5.38. The topological polar surface area (TPSA) is 59.2 Å². The lowest BCUT2D eigenvalue weighted by atomic mass is 10.1. The van der Waals surface area contributed by atoms with Crippen LogP contribution in [0.1, 0.15) is 38.8 Å². The zero-order chi connectivity index (χ0) is 17.3. The molecule has 0 radical (unpaired) electrons. The molecule has 0 saturated carbocycles. The molecule has 0 spiro atoms. The average Bonchev–Trinajstić information content (AvgIpc) is 2.97. The van der Waals surface area contributed by atoms with E-state index in [1.165, 1.54) is 0 Å². The third kappa shape index (κ3) is 3.08. The molecule has 0 aliphatic heterocycles. The third-order valence-electron chi connectivity index (χ3n) is 3.97. The predicted octanol–water partition coefficient (Wildman–Crippen LogP) is 4.21. The standard InChI is InChI=1S/C20H19NO3/c1-12-8-13(2)10-15(9-12)20(23)24-14(3)19(22)17-11-21-18-7-5-4-6-16(17)18/h4-11,14,21H,1-3H3/t14-/m1/s1. The van der Waals surface area contributed by atoms with E-state index in [-0.39, 0.29) is 5.78 Å². The summed E-state index contributed by atoms with van der Waals surface area (Å²) in [7, 11) is 0. The highest BCUT2D eigenvalue weighted by molar-refractivity contribution is 6.10. The molecule has 0 bridgehead atoms. The second kappa shape index (κ2) is 6.32. The van der Waals surface area contributed by atoms with E-state index in [1.807, 2.05) is 44.2 Å². The molecule has 2 aromatic carbocycles. The van der Waals surface area contributed by atoms with E-state index in [0.29, 0.717) is 11.1 Å². The number of fused-ring (bicyclic) bond motifs is 1. The number of H-pyrrole nitrogens is 1. The Morgan fingerprint density at radius 1 is 1.04 bits per heavy atom. The lowest BCUT2D eigenvalue weighted by molar-refractivity contribution is 0.0319. The molecule has 122 valence electrons. The number of carbonyl (C=O) groups is 2. The second-order valence-electron chi connectivity index (χ2n) is 6.04. The Kier molecular flexibility index (Phi) is 4.21. The van der Waals surface area contributed by atoms with Gasteiger partial charge in [0.05, 0.1) is 5.56 Å². The van der Waals surface area contributed by atoms with Crippen LogP contribution in [-0.4, -0.2) is 22.8 Å². The van der Waals surface area contributed by atoms with Crippen LogP contribution in [0, 0.1) is 13.8 Å². The number of rotatable bonds is 4. The number of aryl methyl sites for hydroxylation is 2. The monoisotopic (exact) mass is 321 g/mol. The molecule has 0 unspecified atom stereocenters. The molecule has 3 aromatic rings. The molecule has 24 heavy (non-hydrogen) atoms. The fraction of sp³-hybridized carbons (Fsp3) is 0.200. The van der Waals surface area contributed by atoms with E-state index in [2.05, 4.69) is 4.98 Å². The van der Waals surface area contributed by atoms with Gasteiger partial charge in [0.15, 0.2) is 6.10 Å². The van der Waals surface area contributed by atoms with E-state index in [1.54, 1.807) is 25.3 Å². The Hall–Kier alpha value is -2.88. The molecule has 3 rings (SSSR count). The van der Waals surface area contributed by atoms with Crippen molar-refractivity contribution in [3.8, 4) is 0 Å². The van der Waals surface area contributed by atoms with E-state index < -0.39 is 12.1 Å². The van der Waals surface area contributed by atoms with E-state index >= 15 is 0 Å². The van der Waals surface area contributed by atoms with Crippen LogP contribution in [0.15, 0.2) is 48.7 Å². The molecule has 4 heteroatoms. The summed E-state index contributed by atoms with van der Waals surface area (Å²) in [5.41, 5.74) is 3.85. The highest BCUT2D eigenvalue weighted by Crippen LogP contribution is 2.20. The van der Waals surface area contributed by atoms with Crippen molar-refractivity contribution in [1.29, 1.82) is 0 Å². The van der Waals surface area contributed by atoms with Gasteiger partial charge in [-0.1, -0.05) is 35.4 Å². The summed E-state index contributed by atoms with van der Waals surface area (Å²) in [5, 5.41) is 0.830. The van der Waals surface area contributed by atoms with E-state index in [4.69, 9.17) is 4.74 Å². The van der Waals surface area contributed by atoms with Gasteiger partial charge in [-0.25, -0.2) is 4.79 Å². The first-order valence-electron chi connectivity index (χ1n) is 7.85. The van der Waals surface area contributed by atoms with Crippen molar-refractivity contribution < 1.29 is 14.3 Å². The summed E-state index contributed by atoms with van der Waals surface area (Å²) in [6.45, 7) is 5.44. The molecule has 1 heterocycles. The summed E-state index contributed by atoms with van der Waals surface area (Å²) in [6, 6.07) is 13.1. The molecule has 0 saturated heterocycles. The van der Waals surface area contributed by atoms with Crippen molar-refractivity contribution in [2.75, 3.05) is 0 Å². The Morgan fingerprint density at radius 2 is 1.71 bits per heavy atom. The minimum absolute atomic E-state index is 0.217. The van der Waals surface area contributed by atoms with Crippen LogP contribution in [0.25, 0.3) is 10.9 Å².